The molecule has 2 rings (SSSR count). The number of likely N-dealkylation sites (tertiary alicyclic amines) is 1. The number of nitrogens with zero attached hydrogens (tertiary/aromatic N) is 3. The van der Waals surface area contributed by atoms with Crippen molar-refractivity contribution in [3.8, 4) is 0 Å². The molecule has 1 fully saturated rings. The van der Waals surface area contributed by atoms with E-state index in [9.17, 15) is 4.79 Å². The van der Waals surface area contributed by atoms with E-state index in [1.54, 1.807) is 30.3 Å². The summed E-state index contributed by atoms with van der Waals surface area (Å²) in [5.74, 6) is 0.719. The second kappa shape index (κ2) is 10.7. The quantitative estimate of drug-likeness (QED) is 0.525. The predicted octanol–water partition coefficient (Wildman–Crippen LogP) is 2.18. The normalized spacial score (nSPS) is 16.2. The van der Waals surface area contributed by atoms with Gasteiger partial charge in [0.25, 0.3) is 0 Å². The Morgan fingerprint density at radius 3 is 2.63 bits per heavy atom. The van der Waals surface area contributed by atoms with E-state index in [-0.39, 0.29) is 18.0 Å². The molecule has 0 aliphatic carbocycles. The summed E-state index contributed by atoms with van der Waals surface area (Å²) in [5, 5.41) is 8.94. The second-order valence-corrected chi connectivity index (χ2v) is 8.96. The van der Waals surface area contributed by atoms with Crippen molar-refractivity contribution in [2.45, 2.75) is 45.1 Å². The van der Waals surface area contributed by atoms with Gasteiger partial charge in [0.2, 0.25) is 5.91 Å². The number of thiophene rings is 1. The molecule has 0 atom stereocenters. The molecule has 0 bridgehead atoms. The number of rotatable bonds is 8. The molecular formula is C20H35N5OS. The largest absolute Gasteiger partial charge is 0.356 e. The van der Waals surface area contributed by atoms with E-state index in [1.165, 1.54) is 24.1 Å². The Morgan fingerprint density at radius 1 is 1.26 bits per heavy atom. The maximum absolute atomic E-state index is 11.9. The maximum Gasteiger partial charge on any atom is 0.243 e. The smallest absolute Gasteiger partial charge is 0.243 e. The summed E-state index contributed by atoms with van der Waals surface area (Å²) in [6, 6.07) is 4.22. The van der Waals surface area contributed by atoms with Crippen molar-refractivity contribution in [3.63, 3.8) is 0 Å². The van der Waals surface area contributed by atoms with Gasteiger partial charge < -0.3 is 15.5 Å². The molecule has 0 unspecified atom stereocenters. The van der Waals surface area contributed by atoms with Gasteiger partial charge in [-0.3, -0.25) is 9.69 Å². The molecule has 1 aliphatic heterocycles. The van der Waals surface area contributed by atoms with Gasteiger partial charge in [-0.2, -0.15) is 0 Å². The molecule has 0 radical (unpaired) electrons. The van der Waals surface area contributed by atoms with E-state index in [2.05, 4.69) is 51.9 Å². The molecule has 0 saturated carbocycles. The highest BCUT2D eigenvalue weighted by Gasteiger charge is 2.27. The molecule has 1 aliphatic rings. The Balaban J connectivity index is 1.90. The molecule has 27 heavy (non-hydrogen) atoms. The number of amides is 1. The standard InChI is InChI=1S/C20H35N5OS/c1-20(2,25-12-6-5-7-13-25)16-23-19(22-15-18(26)24(3)4)21-11-10-17-9-8-14-27-17/h8-9,14H,5-7,10-13,15-16H2,1-4H3,(H2,21,22,23). The first-order valence-corrected chi connectivity index (χ1v) is 10.8. The molecule has 1 aromatic heterocycles. The van der Waals surface area contributed by atoms with Crippen LogP contribution in [-0.2, 0) is 11.2 Å². The van der Waals surface area contributed by atoms with Crippen molar-refractivity contribution in [1.82, 2.24) is 20.4 Å². The minimum atomic E-state index is 0.00430. The SMILES string of the molecule is CN(C)C(=O)CN=C(NCCc1cccs1)NCC(C)(C)N1CCCCC1. The lowest BCUT2D eigenvalue weighted by Crippen LogP contribution is -2.55. The van der Waals surface area contributed by atoms with Crippen LogP contribution in [0.1, 0.15) is 38.0 Å². The van der Waals surface area contributed by atoms with Crippen LogP contribution >= 0.6 is 11.3 Å². The van der Waals surface area contributed by atoms with Crippen LogP contribution < -0.4 is 10.6 Å². The van der Waals surface area contributed by atoms with E-state index in [1.807, 2.05) is 0 Å². The van der Waals surface area contributed by atoms with Crippen molar-refractivity contribution >= 4 is 23.2 Å². The molecule has 2 heterocycles. The number of carbonyl (C=O) groups excluding carboxylic acids is 1. The molecule has 1 aromatic rings. The third-order valence-corrected chi connectivity index (χ3v) is 5.95. The average Bonchev–Trinajstić information content (AvgIpc) is 3.17. The molecular weight excluding hydrogens is 358 g/mol. The highest BCUT2D eigenvalue weighted by atomic mass is 32.1. The summed E-state index contributed by atoms with van der Waals surface area (Å²) in [6.07, 6.45) is 4.85. The van der Waals surface area contributed by atoms with Crippen molar-refractivity contribution in [2.75, 3.05) is 46.8 Å². The fraction of sp³-hybridized carbons (Fsp3) is 0.700. The van der Waals surface area contributed by atoms with Gasteiger partial charge in [-0.1, -0.05) is 12.5 Å². The van der Waals surface area contributed by atoms with Crippen LogP contribution in [-0.4, -0.2) is 74.0 Å². The fourth-order valence-corrected chi connectivity index (χ4v) is 3.84. The zero-order valence-corrected chi connectivity index (χ0v) is 18.1. The predicted molar refractivity (Wildman–Crippen MR) is 115 cm³/mol. The highest BCUT2D eigenvalue weighted by Crippen LogP contribution is 2.19. The summed E-state index contributed by atoms with van der Waals surface area (Å²) >= 11 is 1.77. The Kier molecular flexibility index (Phi) is 8.57. The first-order chi connectivity index (χ1) is 12.9. The number of likely N-dealkylation sites (N-methyl/N-ethyl adjacent to an activating group) is 1. The zero-order chi connectivity index (χ0) is 19.7. The van der Waals surface area contributed by atoms with Crippen LogP contribution in [0.4, 0.5) is 0 Å². The molecule has 0 aromatic carbocycles. The lowest BCUT2D eigenvalue weighted by molar-refractivity contribution is -0.127. The summed E-state index contributed by atoms with van der Waals surface area (Å²) in [7, 11) is 3.52. The highest BCUT2D eigenvalue weighted by molar-refractivity contribution is 7.09. The molecule has 1 amide bonds. The lowest BCUT2D eigenvalue weighted by atomic mass is 9.98. The number of hydrogen-bond acceptors (Lipinski definition) is 4. The fourth-order valence-electron chi connectivity index (χ4n) is 3.13. The van der Waals surface area contributed by atoms with E-state index in [0.717, 1.165) is 32.6 Å². The van der Waals surface area contributed by atoms with E-state index >= 15 is 0 Å². The van der Waals surface area contributed by atoms with Crippen LogP contribution in [0.25, 0.3) is 0 Å². The molecule has 1 saturated heterocycles. The molecule has 152 valence electrons. The molecule has 2 N–H and O–H groups in total. The van der Waals surface area contributed by atoms with E-state index in [0.29, 0.717) is 5.96 Å². The minimum absolute atomic E-state index is 0.00430. The summed E-state index contributed by atoms with van der Waals surface area (Å²) < 4.78 is 0. The number of nitrogens with one attached hydrogen (secondary N) is 2. The summed E-state index contributed by atoms with van der Waals surface area (Å²) in [6.45, 7) is 8.63. The average molecular weight is 394 g/mol. The number of aliphatic imine (C=N–C) groups is 1. The van der Waals surface area contributed by atoms with Gasteiger partial charge in [0.1, 0.15) is 6.54 Å². The van der Waals surface area contributed by atoms with Gasteiger partial charge in [-0.25, -0.2) is 4.99 Å². The molecule has 0 spiro atoms. The van der Waals surface area contributed by atoms with Gasteiger partial charge >= 0.3 is 0 Å². The first kappa shape index (κ1) is 21.7. The first-order valence-electron chi connectivity index (χ1n) is 9.88. The third-order valence-electron chi connectivity index (χ3n) is 5.02. The van der Waals surface area contributed by atoms with Gasteiger partial charge in [0, 0.05) is 37.6 Å². The van der Waals surface area contributed by atoms with Gasteiger partial charge in [-0.15, -0.1) is 11.3 Å². The monoisotopic (exact) mass is 393 g/mol. The maximum atomic E-state index is 11.9. The van der Waals surface area contributed by atoms with E-state index < -0.39 is 0 Å². The van der Waals surface area contributed by atoms with Crippen molar-refractivity contribution < 1.29 is 4.79 Å². The minimum Gasteiger partial charge on any atom is -0.356 e. The Labute approximate surface area is 168 Å². The van der Waals surface area contributed by atoms with Gasteiger partial charge in [0.05, 0.1) is 0 Å². The van der Waals surface area contributed by atoms with Crippen LogP contribution in [0, 0.1) is 0 Å². The summed E-state index contributed by atoms with van der Waals surface area (Å²) in [4.78, 5) is 21.9. The van der Waals surface area contributed by atoms with Crippen LogP contribution in [0.5, 0.6) is 0 Å². The van der Waals surface area contributed by atoms with Crippen LogP contribution in [0.2, 0.25) is 0 Å². The zero-order valence-electron chi connectivity index (χ0n) is 17.3. The Morgan fingerprint density at radius 2 is 2.00 bits per heavy atom. The van der Waals surface area contributed by atoms with Crippen molar-refractivity contribution in [2.24, 2.45) is 4.99 Å². The van der Waals surface area contributed by atoms with Crippen molar-refractivity contribution in [3.05, 3.63) is 22.4 Å². The second-order valence-electron chi connectivity index (χ2n) is 7.92. The number of piperidine rings is 1. The molecule has 7 heteroatoms. The number of guanidine groups is 1. The Hall–Kier alpha value is -1.60. The van der Waals surface area contributed by atoms with Crippen LogP contribution in [0.3, 0.4) is 0 Å². The number of hydrogen-bond donors (Lipinski definition) is 2. The number of carbonyl (C=O) groups is 1. The Bertz CT molecular complexity index is 592. The lowest BCUT2D eigenvalue weighted by Gasteiger charge is -2.41. The summed E-state index contributed by atoms with van der Waals surface area (Å²) in [5.41, 5.74) is 0.0577. The van der Waals surface area contributed by atoms with Crippen LogP contribution in [0.15, 0.2) is 22.5 Å². The van der Waals surface area contributed by atoms with E-state index in [4.69, 9.17) is 0 Å². The topological polar surface area (TPSA) is 60.0 Å². The third kappa shape index (κ3) is 7.50. The molecule has 6 nitrogen and oxygen atoms in total. The van der Waals surface area contributed by atoms with Crippen molar-refractivity contribution in [1.29, 1.82) is 0 Å². The van der Waals surface area contributed by atoms with Gasteiger partial charge in [-0.05, 0) is 57.6 Å². The van der Waals surface area contributed by atoms with Gasteiger partial charge in [0.15, 0.2) is 5.96 Å².